The number of hydrogen-bond donors (Lipinski definition) is 2. The van der Waals surface area contributed by atoms with E-state index in [2.05, 4.69) is 27.5 Å². The molecular formula is C28H29F3N6O. The van der Waals surface area contributed by atoms with E-state index in [4.69, 9.17) is 4.98 Å². The number of rotatable bonds is 7. The maximum atomic E-state index is 13.2. The van der Waals surface area contributed by atoms with Gasteiger partial charge in [-0.15, -0.1) is 0 Å². The molecule has 0 spiro atoms. The van der Waals surface area contributed by atoms with Gasteiger partial charge in [0.25, 0.3) is 5.91 Å². The first-order chi connectivity index (χ1) is 18.1. The van der Waals surface area contributed by atoms with Gasteiger partial charge in [-0.3, -0.25) is 4.79 Å². The van der Waals surface area contributed by atoms with Crippen molar-refractivity contribution >= 4 is 22.9 Å². The first-order valence-corrected chi connectivity index (χ1v) is 12.6. The number of carbonyl (C=O) groups excluding carboxylic acids is 1. The SMILES string of the molecule is CNC(=O)c1nc(N[C@H](C)C2CCC2)c2c(n1)nc(-c1cccc(C)c1)n2Cc1ccc(C(F)(F)F)cc1. The molecule has 2 N–H and O–H groups in total. The molecule has 1 atom stereocenters. The predicted octanol–water partition coefficient (Wildman–Crippen LogP) is 5.83. The number of fused-ring (bicyclic) bond motifs is 1. The van der Waals surface area contributed by atoms with Gasteiger partial charge in [-0.1, -0.05) is 42.3 Å². The number of nitrogens with zero attached hydrogens (tertiary/aromatic N) is 4. The van der Waals surface area contributed by atoms with Crippen LogP contribution in [0.1, 0.15) is 53.5 Å². The number of alkyl halides is 3. The number of anilines is 1. The molecule has 1 saturated carbocycles. The summed E-state index contributed by atoms with van der Waals surface area (Å²) in [4.78, 5) is 26.4. The van der Waals surface area contributed by atoms with E-state index < -0.39 is 17.6 Å². The van der Waals surface area contributed by atoms with Crippen LogP contribution in [0.25, 0.3) is 22.6 Å². The fourth-order valence-electron chi connectivity index (χ4n) is 4.76. The topological polar surface area (TPSA) is 84.7 Å². The number of benzene rings is 2. The van der Waals surface area contributed by atoms with E-state index in [9.17, 15) is 18.0 Å². The van der Waals surface area contributed by atoms with E-state index in [1.807, 2.05) is 35.8 Å². The quantitative estimate of drug-likeness (QED) is 0.319. The summed E-state index contributed by atoms with van der Waals surface area (Å²) in [5, 5.41) is 6.07. The van der Waals surface area contributed by atoms with E-state index in [1.54, 1.807) is 0 Å². The fraction of sp³-hybridized carbons (Fsp3) is 0.357. The molecule has 1 fully saturated rings. The van der Waals surface area contributed by atoms with Crippen LogP contribution < -0.4 is 10.6 Å². The van der Waals surface area contributed by atoms with Gasteiger partial charge in [-0.05, 0) is 56.4 Å². The number of imidazole rings is 1. The Morgan fingerprint density at radius 1 is 1.11 bits per heavy atom. The number of nitrogens with one attached hydrogen (secondary N) is 2. The summed E-state index contributed by atoms with van der Waals surface area (Å²) in [7, 11) is 1.52. The van der Waals surface area contributed by atoms with Gasteiger partial charge < -0.3 is 15.2 Å². The first kappa shape index (κ1) is 25.7. The third kappa shape index (κ3) is 5.07. The van der Waals surface area contributed by atoms with Crippen molar-refractivity contribution in [3.63, 3.8) is 0 Å². The Hall–Kier alpha value is -3.95. The van der Waals surface area contributed by atoms with E-state index in [1.165, 1.54) is 25.6 Å². The van der Waals surface area contributed by atoms with Gasteiger partial charge in [0, 0.05) is 25.2 Å². The number of aromatic nitrogens is 4. The van der Waals surface area contributed by atoms with Crippen molar-refractivity contribution in [2.45, 2.75) is 51.9 Å². The minimum Gasteiger partial charge on any atom is -0.365 e. The lowest BCUT2D eigenvalue weighted by Gasteiger charge is -2.32. The molecule has 0 saturated heterocycles. The standard InChI is InChI=1S/C28H29F3N6O/c1-16-6-4-9-20(14-16)26-36-24-22(37(26)15-18-10-12-21(13-11-18)28(29,30)31)23(33-17(2)19-7-5-8-19)34-25(35-24)27(38)32-3/h4,6,9-14,17,19H,5,7-8,15H2,1-3H3,(H,32,38)(H,33,34,35)/t17-/m1/s1. The smallest absolute Gasteiger partial charge is 0.365 e. The Bertz CT molecular complexity index is 1470. The highest BCUT2D eigenvalue weighted by Crippen LogP contribution is 2.34. The normalized spacial score (nSPS) is 14.8. The van der Waals surface area contributed by atoms with Crippen molar-refractivity contribution in [1.82, 2.24) is 24.8 Å². The van der Waals surface area contributed by atoms with E-state index in [0.29, 0.717) is 34.3 Å². The molecule has 2 aromatic heterocycles. The molecule has 7 nitrogen and oxygen atoms in total. The maximum absolute atomic E-state index is 13.2. The summed E-state index contributed by atoms with van der Waals surface area (Å²) in [5.41, 5.74) is 2.76. The monoisotopic (exact) mass is 522 g/mol. The molecule has 2 aromatic carbocycles. The van der Waals surface area contributed by atoms with Crippen LogP contribution in [0, 0.1) is 12.8 Å². The second-order valence-electron chi connectivity index (χ2n) is 9.86. The summed E-state index contributed by atoms with van der Waals surface area (Å²) >= 11 is 0. The molecule has 5 rings (SSSR count). The van der Waals surface area contributed by atoms with E-state index in [-0.39, 0.29) is 18.4 Å². The maximum Gasteiger partial charge on any atom is 0.416 e. The number of amides is 1. The van der Waals surface area contributed by atoms with Gasteiger partial charge in [0.2, 0.25) is 5.82 Å². The molecular weight excluding hydrogens is 493 g/mol. The lowest BCUT2D eigenvalue weighted by atomic mass is 9.80. The summed E-state index contributed by atoms with van der Waals surface area (Å²) in [6, 6.07) is 13.0. The van der Waals surface area contributed by atoms with E-state index >= 15 is 0 Å². The van der Waals surface area contributed by atoms with Gasteiger partial charge in [0.05, 0.1) is 5.56 Å². The largest absolute Gasteiger partial charge is 0.416 e. The van der Waals surface area contributed by atoms with Gasteiger partial charge in [0.1, 0.15) is 11.3 Å². The van der Waals surface area contributed by atoms with Crippen LogP contribution in [0.5, 0.6) is 0 Å². The van der Waals surface area contributed by atoms with Crippen LogP contribution in [-0.2, 0) is 12.7 Å². The van der Waals surface area contributed by atoms with Crippen LogP contribution in [-0.4, -0.2) is 38.5 Å². The van der Waals surface area contributed by atoms with Crippen LogP contribution in [0.4, 0.5) is 19.0 Å². The molecule has 198 valence electrons. The Morgan fingerprint density at radius 2 is 1.84 bits per heavy atom. The molecule has 2 heterocycles. The van der Waals surface area contributed by atoms with Crippen molar-refractivity contribution in [1.29, 1.82) is 0 Å². The molecule has 0 radical (unpaired) electrons. The lowest BCUT2D eigenvalue weighted by molar-refractivity contribution is -0.137. The molecule has 0 unspecified atom stereocenters. The molecule has 1 amide bonds. The zero-order valence-corrected chi connectivity index (χ0v) is 21.4. The van der Waals surface area contributed by atoms with E-state index in [0.717, 1.165) is 36.1 Å². The van der Waals surface area contributed by atoms with Crippen LogP contribution in [0.3, 0.4) is 0 Å². The number of aryl methyl sites for hydroxylation is 1. The lowest BCUT2D eigenvalue weighted by Crippen LogP contribution is -2.32. The summed E-state index contributed by atoms with van der Waals surface area (Å²) in [6.07, 6.45) is -0.997. The van der Waals surface area contributed by atoms with Crippen LogP contribution >= 0.6 is 0 Å². The highest BCUT2D eigenvalue weighted by Gasteiger charge is 2.30. The molecule has 0 bridgehead atoms. The van der Waals surface area contributed by atoms with Gasteiger partial charge >= 0.3 is 6.18 Å². The average Bonchev–Trinajstić information content (AvgIpc) is 3.20. The Balaban J connectivity index is 1.68. The van der Waals surface area contributed by atoms with Crippen molar-refractivity contribution in [2.75, 3.05) is 12.4 Å². The zero-order chi connectivity index (χ0) is 27.0. The van der Waals surface area contributed by atoms with Gasteiger partial charge in [0.15, 0.2) is 11.5 Å². The molecule has 1 aliphatic rings. The number of halogens is 3. The van der Waals surface area contributed by atoms with Crippen molar-refractivity contribution in [2.24, 2.45) is 5.92 Å². The third-order valence-corrected chi connectivity index (χ3v) is 7.15. The highest BCUT2D eigenvalue weighted by molar-refractivity contribution is 5.95. The third-order valence-electron chi connectivity index (χ3n) is 7.15. The minimum absolute atomic E-state index is 0.00159. The van der Waals surface area contributed by atoms with Crippen LogP contribution in [0.2, 0.25) is 0 Å². The Morgan fingerprint density at radius 3 is 2.45 bits per heavy atom. The van der Waals surface area contributed by atoms with Crippen molar-refractivity contribution in [3.05, 3.63) is 71.0 Å². The van der Waals surface area contributed by atoms with Crippen molar-refractivity contribution in [3.8, 4) is 11.4 Å². The Kier molecular flexibility index (Phi) is 6.81. The van der Waals surface area contributed by atoms with Crippen LogP contribution in [0.15, 0.2) is 48.5 Å². The minimum atomic E-state index is -4.41. The molecule has 1 aliphatic carbocycles. The highest BCUT2D eigenvalue weighted by atomic mass is 19.4. The second kappa shape index (κ2) is 10.1. The zero-order valence-electron chi connectivity index (χ0n) is 21.4. The summed E-state index contributed by atoms with van der Waals surface area (Å²) in [6.45, 7) is 4.31. The molecule has 10 heteroatoms. The second-order valence-corrected chi connectivity index (χ2v) is 9.86. The molecule has 0 aliphatic heterocycles. The van der Waals surface area contributed by atoms with Gasteiger partial charge in [-0.2, -0.15) is 13.2 Å². The summed E-state index contributed by atoms with van der Waals surface area (Å²) in [5.74, 6) is 1.13. The van der Waals surface area contributed by atoms with Crippen molar-refractivity contribution < 1.29 is 18.0 Å². The number of hydrogen-bond acceptors (Lipinski definition) is 5. The molecule has 4 aromatic rings. The molecule has 38 heavy (non-hydrogen) atoms. The van der Waals surface area contributed by atoms with Gasteiger partial charge in [-0.25, -0.2) is 15.0 Å². The first-order valence-electron chi connectivity index (χ1n) is 12.6. The fourth-order valence-corrected chi connectivity index (χ4v) is 4.76. The Labute approximate surface area is 218 Å². The average molecular weight is 523 g/mol. The summed E-state index contributed by atoms with van der Waals surface area (Å²) < 4.78 is 41.4. The predicted molar refractivity (Wildman–Crippen MR) is 140 cm³/mol. The number of carbonyl (C=O) groups is 1.